The van der Waals surface area contributed by atoms with Crippen LogP contribution in [0.3, 0.4) is 0 Å². The number of hydrogen-bond acceptors (Lipinski definition) is 2. The Morgan fingerprint density at radius 2 is 2.11 bits per heavy atom. The van der Waals surface area contributed by atoms with Crippen LogP contribution in [0.5, 0.6) is 0 Å². The fourth-order valence-electron chi connectivity index (χ4n) is 1.62. The summed E-state index contributed by atoms with van der Waals surface area (Å²) in [6.07, 6.45) is 3.52. The van der Waals surface area contributed by atoms with Crippen molar-refractivity contribution in [2.24, 2.45) is 13.0 Å². The Balaban J connectivity index is 2.51. The Hall–Kier alpha value is -1.30. The fraction of sp³-hybridized carbons (Fsp3) is 0.500. The van der Waals surface area contributed by atoms with Crippen LogP contribution in [0.2, 0.25) is 0 Å². The van der Waals surface area contributed by atoms with Gasteiger partial charge >= 0.3 is 0 Å². The highest BCUT2D eigenvalue weighted by Crippen LogP contribution is 2.13. The second kappa shape index (κ2) is 6.58. The van der Waals surface area contributed by atoms with Crippen LogP contribution in [0.4, 0.5) is 0 Å². The van der Waals surface area contributed by atoms with Gasteiger partial charge in [-0.2, -0.15) is 0 Å². The van der Waals surface area contributed by atoms with Crippen molar-refractivity contribution in [3.05, 3.63) is 22.4 Å². The van der Waals surface area contributed by atoms with E-state index >= 15 is 0 Å². The van der Waals surface area contributed by atoms with Gasteiger partial charge in [-0.15, -0.1) is 0 Å². The smallest absolute Gasteiger partial charge is 0.286 e. The van der Waals surface area contributed by atoms with Crippen LogP contribution < -0.4 is 10.9 Å². The number of aromatic nitrogens is 1. The molecule has 6 heteroatoms. The zero-order chi connectivity index (χ0) is 13.7. The van der Waals surface area contributed by atoms with Gasteiger partial charge in [-0.05, 0) is 28.4 Å². The molecule has 18 heavy (non-hydrogen) atoms. The highest BCUT2D eigenvalue weighted by Gasteiger charge is 2.15. The summed E-state index contributed by atoms with van der Waals surface area (Å²) in [5.41, 5.74) is 5.32. The maximum Gasteiger partial charge on any atom is 0.286 e. The zero-order valence-electron chi connectivity index (χ0n) is 10.8. The number of hydrazine groups is 1. The molecule has 1 aromatic rings. The topological polar surface area (TPSA) is 63.1 Å². The van der Waals surface area contributed by atoms with Crippen LogP contribution in [-0.4, -0.2) is 16.4 Å². The first-order valence-electron chi connectivity index (χ1n) is 5.87. The highest BCUT2D eigenvalue weighted by atomic mass is 79.9. The summed E-state index contributed by atoms with van der Waals surface area (Å²) < 4.78 is 2.50. The predicted octanol–water partition coefficient (Wildman–Crippen LogP) is 1.98. The van der Waals surface area contributed by atoms with E-state index in [1.54, 1.807) is 23.9 Å². The van der Waals surface area contributed by atoms with Gasteiger partial charge in [-0.3, -0.25) is 20.4 Å². The van der Waals surface area contributed by atoms with E-state index in [0.717, 1.165) is 17.3 Å². The lowest BCUT2D eigenvalue weighted by Crippen LogP contribution is -2.44. The van der Waals surface area contributed by atoms with Crippen LogP contribution in [0.25, 0.3) is 0 Å². The number of nitrogens with zero attached hydrogens (tertiary/aromatic N) is 1. The molecule has 2 amide bonds. The minimum absolute atomic E-state index is 0.101. The van der Waals surface area contributed by atoms with Crippen molar-refractivity contribution in [3.8, 4) is 0 Å². The van der Waals surface area contributed by atoms with Crippen LogP contribution in [0.1, 0.15) is 37.2 Å². The summed E-state index contributed by atoms with van der Waals surface area (Å²) in [6.45, 7) is 3.86. The molecule has 1 rings (SSSR count). The minimum Gasteiger partial charge on any atom is -0.345 e. The number of rotatable bonds is 4. The summed E-state index contributed by atoms with van der Waals surface area (Å²) in [5.74, 6) is -0.603. The molecule has 0 aromatic carbocycles. The average Bonchev–Trinajstić information content (AvgIpc) is 2.65. The van der Waals surface area contributed by atoms with Crippen molar-refractivity contribution in [1.82, 2.24) is 15.4 Å². The molecule has 1 unspecified atom stereocenters. The zero-order valence-corrected chi connectivity index (χ0v) is 12.4. The van der Waals surface area contributed by atoms with Crippen molar-refractivity contribution in [2.75, 3.05) is 0 Å². The van der Waals surface area contributed by atoms with Crippen molar-refractivity contribution < 1.29 is 9.59 Å². The first-order valence-corrected chi connectivity index (χ1v) is 6.67. The molecule has 0 aliphatic rings. The minimum atomic E-state index is -0.333. The maximum absolute atomic E-state index is 11.8. The number of carbonyl (C=O) groups is 2. The van der Waals surface area contributed by atoms with Crippen molar-refractivity contribution in [1.29, 1.82) is 0 Å². The number of aryl methyl sites for hydroxylation is 1. The molecule has 0 aliphatic carbocycles. The van der Waals surface area contributed by atoms with Crippen LogP contribution in [0.15, 0.2) is 16.7 Å². The van der Waals surface area contributed by atoms with E-state index in [-0.39, 0.29) is 17.7 Å². The van der Waals surface area contributed by atoms with Crippen LogP contribution in [-0.2, 0) is 11.8 Å². The lowest BCUT2D eigenvalue weighted by molar-refractivity contribution is -0.125. The summed E-state index contributed by atoms with van der Waals surface area (Å²) in [5, 5.41) is 0. The van der Waals surface area contributed by atoms with Gasteiger partial charge in [0.25, 0.3) is 5.91 Å². The molecule has 0 saturated carbocycles. The number of amides is 2. The Kier molecular flexibility index (Phi) is 5.40. The lowest BCUT2D eigenvalue weighted by Gasteiger charge is -2.12. The SMILES string of the molecule is CCCC(C)C(=O)NNC(=O)c1cc(Br)cn1C. The van der Waals surface area contributed by atoms with Gasteiger partial charge in [-0.25, -0.2) is 0 Å². The molecule has 1 atom stereocenters. The number of nitrogens with one attached hydrogen (secondary N) is 2. The third-order valence-corrected chi connectivity index (χ3v) is 3.11. The van der Waals surface area contributed by atoms with Crippen molar-refractivity contribution >= 4 is 27.7 Å². The van der Waals surface area contributed by atoms with E-state index in [0.29, 0.717) is 5.69 Å². The van der Waals surface area contributed by atoms with Gasteiger partial charge < -0.3 is 4.57 Å². The molecule has 0 saturated heterocycles. The quantitative estimate of drug-likeness (QED) is 0.835. The van der Waals surface area contributed by atoms with Crippen LogP contribution >= 0.6 is 15.9 Å². The number of halogens is 1. The molecule has 1 aromatic heterocycles. The molecule has 2 N–H and O–H groups in total. The predicted molar refractivity (Wildman–Crippen MR) is 72.8 cm³/mol. The first-order chi connectivity index (χ1) is 8.45. The van der Waals surface area contributed by atoms with E-state index in [1.807, 2.05) is 13.8 Å². The normalized spacial score (nSPS) is 12.0. The van der Waals surface area contributed by atoms with Crippen molar-refractivity contribution in [3.63, 3.8) is 0 Å². The Bertz CT molecular complexity index is 443. The summed E-state index contributed by atoms with van der Waals surface area (Å²) in [4.78, 5) is 23.4. The van der Waals surface area contributed by atoms with Crippen molar-refractivity contribution in [2.45, 2.75) is 26.7 Å². The molecule has 1 heterocycles. The van der Waals surface area contributed by atoms with Gasteiger partial charge in [-0.1, -0.05) is 20.3 Å². The maximum atomic E-state index is 11.8. The second-order valence-corrected chi connectivity index (χ2v) is 5.20. The molecule has 0 bridgehead atoms. The Morgan fingerprint density at radius 1 is 1.44 bits per heavy atom. The van der Waals surface area contributed by atoms with E-state index in [4.69, 9.17) is 0 Å². The van der Waals surface area contributed by atoms with E-state index in [1.165, 1.54) is 0 Å². The summed E-state index contributed by atoms with van der Waals surface area (Å²) in [7, 11) is 1.77. The standard InChI is InChI=1S/C12H18BrN3O2/c1-4-5-8(2)11(17)14-15-12(18)10-6-9(13)7-16(10)3/h6-8H,4-5H2,1-3H3,(H,14,17)(H,15,18). The highest BCUT2D eigenvalue weighted by molar-refractivity contribution is 9.10. The van der Waals surface area contributed by atoms with Gasteiger partial charge in [0.1, 0.15) is 5.69 Å². The van der Waals surface area contributed by atoms with Gasteiger partial charge in [0.05, 0.1) is 0 Å². The number of carbonyl (C=O) groups excluding carboxylic acids is 2. The van der Waals surface area contributed by atoms with Gasteiger partial charge in [0, 0.05) is 23.6 Å². The first kappa shape index (κ1) is 14.8. The molecule has 100 valence electrons. The van der Waals surface area contributed by atoms with E-state index < -0.39 is 0 Å². The Labute approximate surface area is 115 Å². The largest absolute Gasteiger partial charge is 0.345 e. The molecule has 5 nitrogen and oxygen atoms in total. The van der Waals surface area contributed by atoms with E-state index in [2.05, 4.69) is 26.8 Å². The van der Waals surface area contributed by atoms with E-state index in [9.17, 15) is 9.59 Å². The number of hydrogen-bond donors (Lipinski definition) is 2. The molecule has 0 aliphatic heterocycles. The lowest BCUT2D eigenvalue weighted by atomic mass is 10.1. The third-order valence-electron chi connectivity index (χ3n) is 2.67. The molecule has 0 fully saturated rings. The average molecular weight is 316 g/mol. The third kappa shape index (κ3) is 3.87. The monoisotopic (exact) mass is 315 g/mol. The van der Waals surface area contributed by atoms with Gasteiger partial charge in [0.2, 0.25) is 5.91 Å². The summed E-state index contributed by atoms with van der Waals surface area (Å²) >= 11 is 3.29. The molecule has 0 spiro atoms. The van der Waals surface area contributed by atoms with Gasteiger partial charge in [0.15, 0.2) is 0 Å². The molecule has 0 radical (unpaired) electrons. The molecular weight excluding hydrogens is 298 g/mol. The fourth-order valence-corrected chi connectivity index (χ4v) is 2.14. The Morgan fingerprint density at radius 3 is 2.61 bits per heavy atom. The second-order valence-electron chi connectivity index (χ2n) is 4.29. The molecular formula is C12H18BrN3O2. The summed E-state index contributed by atoms with van der Waals surface area (Å²) in [6, 6.07) is 1.69. The van der Waals surface area contributed by atoms with Crippen LogP contribution in [0, 0.1) is 5.92 Å².